The van der Waals surface area contributed by atoms with Crippen molar-refractivity contribution in [1.82, 2.24) is 4.98 Å². The van der Waals surface area contributed by atoms with E-state index in [0.29, 0.717) is 0 Å². The number of aromatic nitrogens is 1. The van der Waals surface area contributed by atoms with Gasteiger partial charge in [0, 0.05) is 24.2 Å². The molecule has 2 aromatic carbocycles. The number of aliphatic imine (C=N–C) groups is 1. The van der Waals surface area contributed by atoms with E-state index in [-0.39, 0.29) is 5.41 Å². The van der Waals surface area contributed by atoms with Gasteiger partial charge in [0.25, 0.3) is 0 Å². The molecule has 0 radical (unpaired) electrons. The summed E-state index contributed by atoms with van der Waals surface area (Å²) in [6.07, 6.45) is 3.74. The zero-order valence-electron chi connectivity index (χ0n) is 15.9. The zero-order chi connectivity index (χ0) is 18.8. The van der Waals surface area contributed by atoms with Gasteiger partial charge < -0.3 is 14.4 Å². The van der Waals surface area contributed by atoms with Crippen molar-refractivity contribution >= 4 is 28.5 Å². The van der Waals surface area contributed by atoms with Crippen molar-refractivity contribution in [3.05, 3.63) is 54.2 Å². The van der Waals surface area contributed by atoms with Gasteiger partial charge in [0.2, 0.25) is 5.72 Å². The quantitative estimate of drug-likeness (QED) is 0.643. The van der Waals surface area contributed by atoms with E-state index in [4.69, 9.17) is 14.5 Å². The Hall–Kier alpha value is -3.08. The number of rotatable bonds is 1. The third-order valence-electron chi connectivity index (χ3n) is 5.97. The van der Waals surface area contributed by atoms with E-state index in [1.807, 2.05) is 49.8 Å². The minimum absolute atomic E-state index is 0.310. The van der Waals surface area contributed by atoms with E-state index in [0.717, 1.165) is 39.3 Å². The van der Waals surface area contributed by atoms with E-state index >= 15 is 0 Å². The summed E-state index contributed by atoms with van der Waals surface area (Å²) in [5, 5.41) is 2.13. The lowest BCUT2D eigenvalue weighted by Crippen LogP contribution is -2.61. The number of ether oxygens (including phenoxy) is 2. The van der Waals surface area contributed by atoms with Crippen molar-refractivity contribution in [2.24, 2.45) is 4.99 Å². The van der Waals surface area contributed by atoms with Crippen molar-refractivity contribution in [3.63, 3.8) is 0 Å². The van der Waals surface area contributed by atoms with E-state index in [1.54, 1.807) is 7.11 Å². The Bertz CT molecular complexity index is 1110. The molecule has 5 rings (SSSR count). The molecule has 136 valence electrons. The van der Waals surface area contributed by atoms with Crippen LogP contribution in [0.2, 0.25) is 0 Å². The predicted molar refractivity (Wildman–Crippen MR) is 108 cm³/mol. The van der Waals surface area contributed by atoms with Crippen LogP contribution in [-0.4, -0.2) is 31.1 Å². The molecule has 0 saturated carbocycles. The Morgan fingerprint density at radius 1 is 1.11 bits per heavy atom. The van der Waals surface area contributed by atoms with Crippen LogP contribution in [0, 0.1) is 0 Å². The van der Waals surface area contributed by atoms with Crippen LogP contribution in [0.3, 0.4) is 0 Å². The molecule has 0 aliphatic carbocycles. The molecular weight excluding hydrogens is 338 g/mol. The van der Waals surface area contributed by atoms with Crippen LogP contribution < -0.4 is 14.4 Å². The summed E-state index contributed by atoms with van der Waals surface area (Å²) in [5.41, 5.74) is 0.967. The van der Waals surface area contributed by atoms with Crippen molar-refractivity contribution in [3.8, 4) is 11.5 Å². The first kappa shape index (κ1) is 16.1. The van der Waals surface area contributed by atoms with Gasteiger partial charge in [-0.05, 0) is 43.5 Å². The summed E-state index contributed by atoms with van der Waals surface area (Å²) in [7, 11) is 3.69. The summed E-state index contributed by atoms with van der Waals surface area (Å²) >= 11 is 0. The van der Waals surface area contributed by atoms with Gasteiger partial charge in [-0.3, -0.25) is 4.99 Å². The highest BCUT2D eigenvalue weighted by Crippen LogP contribution is 2.53. The lowest BCUT2D eigenvalue weighted by atomic mass is 9.78. The number of fused-ring (bicyclic) bond motifs is 4. The first-order chi connectivity index (χ1) is 13.0. The lowest BCUT2D eigenvalue weighted by molar-refractivity contribution is 0.0825. The number of nitrogens with zero attached hydrogens (tertiary/aromatic N) is 3. The van der Waals surface area contributed by atoms with Crippen LogP contribution in [-0.2, 0) is 5.41 Å². The maximum absolute atomic E-state index is 6.67. The van der Waals surface area contributed by atoms with Gasteiger partial charge in [-0.15, -0.1) is 0 Å². The van der Waals surface area contributed by atoms with E-state index < -0.39 is 5.72 Å². The van der Waals surface area contributed by atoms with Crippen LogP contribution in [0.15, 0.2) is 53.7 Å². The second-order valence-corrected chi connectivity index (χ2v) is 7.61. The normalized spacial score (nSPS) is 21.9. The highest BCUT2D eigenvalue weighted by Gasteiger charge is 2.59. The summed E-state index contributed by atoms with van der Waals surface area (Å²) in [6, 6.07) is 14.2. The summed E-state index contributed by atoms with van der Waals surface area (Å²) in [5.74, 6) is 2.51. The topological polar surface area (TPSA) is 47.0 Å². The highest BCUT2D eigenvalue weighted by molar-refractivity contribution is 6.00. The molecule has 3 aromatic rings. The molecule has 5 nitrogen and oxygen atoms in total. The molecule has 2 aliphatic rings. The molecule has 0 fully saturated rings. The number of hydrogen-bond donors (Lipinski definition) is 0. The number of anilines is 1. The molecule has 0 amide bonds. The van der Waals surface area contributed by atoms with Crippen LogP contribution in [0.4, 0.5) is 11.5 Å². The second-order valence-electron chi connectivity index (χ2n) is 7.61. The number of pyridine rings is 1. The van der Waals surface area contributed by atoms with Gasteiger partial charge in [0.05, 0.1) is 18.7 Å². The third kappa shape index (κ3) is 1.94. The molecular formula is C22H21N3O2. The number of methoxy groups -OCH3 is 1. The first-order valence-electron chi connectivity index (χ1n) is 9.02. The Balaban J connectivity index is 1.70. The average Bonchev–Trinajstić information content (AvgIpc) is 2.86. The van der Waals surface area contributed by atoms with Crippen LogP contribution >= 0.6 is 0 Å². The van der Waals surface area contributed by atoms with Crippen LogP contribution in [0.25, 0.3) is 10.8 Å². The molecule has 1 atom stereocenters. The molecule has 1 unspecified atom stereocenters. The molecule has 1 spiro atoms. The maximum atomic E-state index is 6.67. The Morgan fingerprint density at radius 2 is 1.93 bits per heavy atom. The molecule has 5 heteroatoms. The molecule has 2 aliphatic heterocycles. The minimum atomic E-state index is -0.719. The van der Waals surface area contributed by atoms with Crippen molar-refractivity contribution in [2.45, 2.75) is 25.0 Å². The summed E-state index contributed by atoms with van der Waals surface area (Å²) in [6.45, 7) is 4.36. The molecule has 0 bridgehead atoms. The Kier molecular flexibility index (Phi) is 3.12. The summed E-state index contributed by atoms with van der Waals surface area (Å²) < 4.78 is 12.1. The standard InChI is InChI=1S/C22H21N3O2/c1-21(2)17-6-5-11-23-20(17)25(3)22(21)13-24-19-16-12-15(26-4)9-7-14(16)8-10-18(19)27-22/h5-13H,1-4H3. The fraction of sp³-hybridized carbons (Fsp3) is 0.273. The van der Waals surface area contributed by atoms with Crippen molar-refractivity contribution < 1.29 is 9.47 Å². The molecule has 0 N–H and O–H groups in total. The Labute approximate surface area is 158 Å². The maximum Gasteiger partial charge on any atom is 0.229 e. The van der Waals surface area contributed by atoms with E-state index in [9.17, 15) is 0 Å². The number of likely N-dealkylation sites (N-methyl/N-ethyl adjacent to an activating group) is 1. The van der Waals surface area contributed by atoms with Crippen molar-refractivity contribution in [1.29, 1.82) is 0 Å². The summed E-state index contributed by atoms with van der Waals surface area (Å²) in [4.78, 5) is 11.6. The second kappa shape index (κ2) is 5.22. The number of benzene rings is 2. The predicted octanol–water partition coefficient (Wildman–Crippen LogP) is 4.46. The van der Waals surface area contributed by atoms with Gasteiger partial charge in [0.1, 0.15) is 23.0 Å². The molecule has 3 heterocycles. The van der Waals surface area contributed by atoms with Crippen LogP contribution in [0.1, 0.15) is 19.4 Å². The van der Waals surface area contributed by atoms with E-state index in [1.165, 1.54) is 0 Å². The molecule has 1 aromatic heterocycles. The van der Waals surface area contributed by atoms with Crippen molar-refractivity contribution in [2.75, 3.05) is 19.1 Å². The third-order valence-corrected chi connectivity index (χ3v) is 5.97. The monoisotopic (exact) mass is 359 g/mol. The largest absolute Gasteiger partial charge is 0.497 e. The smallest absolute Gasteiger partial charge is 0.229 e. The fourth-order valence-corrected chi connectivity index (χ4v) is 4.32. The van der Waals surface area contributed by atoms with Crippen LogP contribution in [0.5, 0.6) is 11.5 Å². The highest BCUT2D eigenvalue weighted by atomic mass is 16.5. The van der Waals surface area contributed by atoms with E-state index in [2.05, 4.69) is 35.9 Å². The van der Waals surface area contributed by atoms with Gasteiger partial charge in [-0.2, -0.15) is 0 Å². The van der Waals surface area contributed by atoms with Gasteiger partial charge in [0.15, 0.2) is 0 Å². The number of hydrogen-bond acceptors (Lipinski definition) is 5. The molecule has 27 heavy (non-hydrogen) atoms. The lowest BCUT2D eigenvalue weighted by Gasteiger charge is -2.44. The fourth-order valence-electron chi connectivity index (χ4n) is 4.32. The zero-order valence-corrected chi connectivity index (χ0v) is 15.9. The SMILES string of the molecule is COc1ccc2ccc3c(c2c1)N=CC1(O3)N(C)c2ncccc2C1(C)C. The van der Waals surface area contributed by atoms with Gasteiger partial charge in [-0.1, -0.05) is 18.2 Å². The van der Waals surface area contributed by atoms with Gasteiger partial charge >= 0.3 is 0 Å². The average molecular weight is 359 g/mol. The van der Waals surface area contributed by atoms with Gasteiger partial charge in [-0.25, -0.2) is 4.98 Å². The Morgan fingerprint density at radius 3 is 2.70 bits per heavy atom. The minimum Gasteiger partial charge on any atom is -0.497 e. The molecule has 0 saturated heterocycles. The first-order valence-corrected chi connectivity index (χ1v) is 9.02.